The maximum Gasteiger partial charge on any atom is 0.241 e. The molecule has 35 heavy (non-hydrogen) atoms. The van der Waals surface area contributed by atoms with Gasteiger partial charge in [0.25, 0.3) is 0 Å². The fourth-order valence-corrected chi connectivity index (χ4v) is 4.92. The number of fused-ring (bicyclic) bond motifs is 2. The van der Waals surface area contributed by atoms with E-state index in [-0.39, 0.29) is 5.91 Å². The number of nitrogens with one attached hydrogen (secondary N) is 1. The lowest BCUT2D eigenvalue weighted by Crippen LogP contribution is -2.36. The van der Waals surface area contributed by atoms with Crippen LogP contribution in [0.3, 0.4) is 0 Å². The molecule has 1 aromatic carbocycles. The largest absolute Gasteiger partial charge is 0.495 e. The Balaban J connectivity index is 1.47. The molecule has 1 fully saturated rings. The Morgan fingerprint density at radius 3 is 2.77 bits per heavy atom. The second-order valence-corrected chi connectivity index (χ2v) is 9.51. The van der Waals surface area contributed by atoms with Crippen molar-refractivity contribution in [1.29, 1.82) is 0 Å². The van der Waals surface area contributed by atoms with Gasteiger partial charge in [0, 0.05) is 31.4 Å². The maximum atomic E-state index is 12.8. The molecular weight excluding hydrogens is 446 g/mol. The van der Waals surface area contributed by atoms with Crippen molar-refractivity contribution in [2.75, 3.05) is 69.0 Å². The molecule has 5 rings (SSSR count). The summed E-state index contributed by atoms with van der Waals surface area (Å²) in [6, 6.07) is 5.81. The number of likely N-dealkylation sites (N-methyl/N-ethyl adjacent to an activating group) is 1. The summed E-state index contributed by atoms with van der Waals surface area (Å²) >= 11 is 0. The molecule has 4 heterocycles. The number of rotatable bonds is 7. The Hall–Kier alpha value is -3.37. The van der Waals surface area contributed by atoms with Crippen LogP contribution >= 0.6 is 0 Å². The van der Waals surface area contributed by atoms with E-state index in [0.717, 1.165) is 54.9 Å². The number of carbonyl (C=O) groups excluding carboxylic acids is 1. The van der Waals surface area contributed by atoms with Crippen LogP contribution in [0.5, 0.6) is 5.75 Å². The number of hydrogen-bond acceptors (Lipinski definition) is 9. The van der Waals surface area contributed by atoms with Crippen LogP contribution in [-0.4, -0.2) is 74.7 Å². The summed E-state index contributed by atoms with van der Waals surface area (Å²) in [5, 5.41) is 3.35. The number of carbonyl (C=O) groups is 1. The van der Waals surface area contributed by atoms with Crippen molar-refractivity contribution < 1.29 is 13.9 Å². The molecule has 0 spiro atoms. The Morgan fingerprint density at radius 1 is 1.26 bits per heavy atom. The highest BCUT2D eigenvalue weighted by atomic mass is 16.5. The molecule has 0 unspecified atom stereocenters. The van der Waals surface area contributed by atoms with E-state index < -0.39 is 0 Å². The van der Waals surface area contributed by atoms with E-state index in [4.69, 9.17) is 19.9 Å². The lowest BCUT2D eigenvalue weighted by Gasteiger charge is -2.32. The fourth-order valence-electron chi connectivity index (χ4n) is 4.92. The first kappa shape index (κ1) is 23.4. The van der Waals surface area contributed by atoms with Crippen LogP contribution in [-0.2, 0) is 11.2 Å². The molecule has 1 saturated heterocycles. The third-order valence-electron chi connectivity index (χ3n) is 6.83. The molecule has 10 heteroatoms. The second-order valence-electron chi connectivity index (χ2n) is 9.51. The zero-order valence-corrected chi connectivity index (χ0v) is 20.6. The molecule has 3 aromatic rings. The quantitative estimate of drug-likeness (QED) is 0.528. The zero-order chi connectivity index (χ0) is 24.5. The van der Waals surface area contributed by atoms with Gasteiger partial charge < -0.3 is 34.9 Å². The van der Waals surface area contributed by atoms with E-state index in [1.807, 2.05) is 42.1 Å². The SMILES string of the molecule is COc1cc2c(cc1Nc1nc(N3CCC(CN)CC3)c3occc3n1)N(C(=O)CN(C)C)CC2. The topological polar surface area (TPSA) is 113 Å². The first-order chi connectivity index (χ1) is 17.0. The lowest BCUT2D eigenvalue weighted by molar-refractivity contribution is -0.119. The summed E-state index contributed by atoms with van der Waals surface area (Å²) in [7, 11) is 5.44. The molecule has 0 saturated carbocycles. The van der Waals surface area contributed by atoms with Crippen LogP contribution in [0.1, 0.15) is 18.4 Å². The minimum atomic E-state index is 0.0732. The highest BCUT2D eigenvalue weighted by molar-refractivity contribution is 5.98. The average Bonchev–Trinajstić information content (AvgIpc) is 3.49. The highest BCUT2D eigenvalue weighted by Crippen LogP contribution is 2.39. The van der Waals surface area contributed by atoms with Crippen molar-refractivity contribution in [1.82, 2.24) is 14.9 Å². The van der Waals surface area contributed by atoms with Crippen LogP contribution in [0.2, 0.25) is 0 Å². The molecule has 186 valence electrons. The van der Waals surface area contributed by atoms with Gasteiger partial charge in [-0.25, -0.2) is 4.98 Å². The van der Waals surface area contributed by atoms with Crippen molar-refractivity contribution in [3.8, 4) is 5.75 Å². The van der Waals surface area contributed by atoms with Gasteiger partial charge in [0.1, 0.15) is 11.3 Å². The van der Waals surface area contributed by atoms with E-state index in [0.29, 0.717) is 48.5 Å². The Kier molecular flexibility index (Phi) is 6.48. The van der Waals surface area contributed by atoms with E-state index in [2.05, 4.69) is 15.2 Å². The van der Waals surface area contributed by atoms with Crippen LogP contribution in [0.15, 0.2) is 28.9 Å². The maximum absolute atomic E-state index is 12.8. The molecule has 0 radical (unpaired) electrons. The standard InChI is InChI=1S/C25H33N7O3/c1-30(2)15-22(33)32-10-6-17-12-21(34-3)19(13-20(17)32)28-25-27-18-7-11-35-23(18)24(29-25)31-8-4-16(14-26)5-9-31/h7,11-13,16H,4-6,8-10,14-15,26H2,1-3H3,(H,27,28,29). The van der Waals surface area contributed by atoms with Crippen molar-refractivity contribution in [2.24, 2.45) is 11.7 Å². The monoisotopic (exact) mass is 479 g/mol. The minimum absolute atomic E-state index is 0.0732. The van der Waals surface area contributed by atoms with Crippen molar-refractivity contribution in [2.45, 2.75) is 19.3 Å². The van der Waals surface area contributed by atoms with Crippen LogP contribution < -0.4 is 25.6 Å². The minimum Gasteiger partial charge on any atom is -0.495 e. The van der Waals surface area contributed by atoms with Crippen LogP contribution in [0.25, 0.3) is 11.1 Å². The number of nitrogens with two attached hydrogens (primary N) is 1. The van der Waals surface area contributed by atoms with Gasteiger partial charge in [-0.15, -0.1) is 0 Å². The zero-order valence-electron chi connectivity index (χ0n) is 20.6. The van der Waals surface area contributed by atoms with Gasteiger partial charge in [0.05, 0.1) is 25.6 Å². The number of amides is 1. The van der Waals surface area contributed by atoms with E-state index >= 15 is 0 Å². The van der Waals surface area contributed by atoms with Gasteiger partial charge in [0.15, 0.2) is 11.4 Å². The number of nitrogens with zero attached hydrogens (tertiary/aromatic N) is 5. The predicted molar refractivity (Wildman–Crippen MR) is 137 cm³/mol. The van der Waals surface area contributed by atoms with Gasteiger partial charge in [0.2, 0.25) is 11.9 Å². The Labute approximate surface area is 205 Å². The highest BCUT2D eigenvalue weighted by Gasteiger charge is 2.28. The Morgan fingerprint density at radius 2 is 2.06 bits per heavy atom. The number of ether oxygens (including phenoxy) is 1. The average molecular weight is 480 g/mol. The second kappa shape index (κ2) is 9.71. The number of aromatic nitrogens is 2. The van der Waals surface area contributed by atoms with Crippen molar-refractivity contribution >= 4 is 40.1 Å². The molecule has 10 nitrogen and oxygen atoms in total. The molecule has 0 aliphatic carbocycles. The van der Waals surface area contributed by atoms with Crippen molar-refractivity contribution in [3.63, 3.8) is 0 Å². The van der Waals surface area contributed by atoms with Crippen molar-refractivity contribution in [3.05, 3.63) is 30.0 Å². The van der Waals surface area contributed by atoms with Gasteiger partial charge in [-0.05, 0) is 63.5 Å². The first-order valence-electron chi connectivity index (χ1n) is 12.1. The lowest BCUT2D eigenvalue weighted by atomic mass is 9.97. The molecule has 0 bridgehead atoms. The van der Waals surface area contributed by atoms with Gasteiger partial charge in [-0.3, -0.25) is 4.79 Å². The molecule has 3 N–H and O–H groups in total. The van der Waals surface area contributed by atoms with E-state index in [1.54, 1.807) is 13.4 Å². The summed E-state index contributed by atoms with van der Waals surface area (Å²) in [6.45, 7) is 3.49. The smallest absolute Gasteiger partial charge is 0.241 e. The summed E-state index contributed by atoms with van der Waals surface area (Å²) in [4.78, 5) is 28.3. The normalized spacial score (nSPS) is 16.3. The predicted octanol–water partition coefficient (Wildman–Crippen LogP) is 2.60. The molecule has 2 aliphatic rings. The van der Waals surface area contributed by atoms with Gasteiger partial charge in [-0.1, -0.05) is 0 Å². The van der Waals surface area contributed by atoms with E-state index in [9.17, 15) is 4.79 Å². The number of benzene rings is 1. The number of anilines is 4. The fraction of sp³-hybridized carbons (Fsp3) is 0.480. The van der Waals surface area contributed by atoms with Gasteiger partial charge >= 0.3 is 0 Å². The number of hydrogen-bond donors (Lipinski definition) is 2. The first-order valence-corrected chi connectivity index (χ1v) is 12.1. The van der Waals surface area contributed by atoms with Crippen LogP contribution in [0.4, 0.5) is 23.1 Å². The summed E-state index contributed by atoms with van der Waals surface area (Å²) in [5.41, 5.74) is 10.0. The summed E-state index contributed by atoms with van der Waals surface area (Å²) in [6.07, 6.45) is 4.50. The number of methoxy groups -OCH3 is 1. The third kappa shape index (κ3) is 4.63. The van der Waals surface area contributed by atoms with Gasteiger partial charge in [-0.2, -0.15) is 4.98 Å². The third-order valence-corrected chi connectivity index (χ3v) is 6.83. The van der Waals surface area contributed by atoms with Crippen LogP contribution in [0, 0.1) is 5.92 Å². The molecular formula is C25H33N7O3. The number of furan rings is 1. The summed E-state index contributed by atoms with van der Waals surface area (Å²) < 4.78 is 11.4. The molecule has 2 aliphatic heterocycles. The van der Waals surface area contributed by atoms with E-state index in [1.165, 1.54) is 0 Å². The molecule has 0 atom stereocenters. The Bertz CT molecular complexity index is 1220. The number of piperidine rings is 1. The molecule has 2 aromatic heterocycles. The summed E-state index contributed by atoms with van der Waals surface area (Å²) in [5.74, 6) is 2.54. The molecule has 1 amide bonds.